The van der Waals surface area contributed by atoms with Gasteiger partial charge < -0.3 is 10.0 Å². The minimum Gasteiger partial charge on any atom is -0.478 e. The van der Waals surface area contributed by atoms with Crippen molar-refractivity contribution in [3.05, 3.63) is 52.6 Å². The smallest absolute Gasteiger partial charge is 0.328 e. The van der Waals surface area contributed by atoms with E-state index in [9.17, 15) is 4.79 Å². The Morgan fingerprint density at radius 3 is 2.25 bits per heavy atom. The van der Waals surface area contributed by atoms with Crippen LogP contribution in [0.15, 0.2) is 35.9 Å². The van der Waals surface area contributed by atoms with E-state index in [1.54, 1.807) is 0 Å². The summed E-state index contributed by atoms with van der Waals surface area (Å²) in [6, 6.07) is 4.84. The van der Waals surface area contributed by atoms with Gasteiger partial charge in [-0.2, -0.15) is 0 Å². The lowest BCUT2D eigenvalue weighted by molar-refractivity contribution is -0.131. The summed E-state index contributed by atoms with van der Waals surface area (Å²) in [5, 5.41) is 8.87. The molecule has 0 bridgehead atoms. The number of aryl methyl sites for hydroxylation is 1. The number of allylic oxidation sites excluding steroid dienone is 2. The second kappa shape index (κ2) is 8.55. The summed E-state index contributed by atoms with van der Waals surface area (Å²) < 4.78 is 0. The molecule has 1 aliphatic rings. The number of hydrogen-bond donors (Lipinski definition) is 1. The molecule has 0 fully saturated rings. The van der Waals surface area contributed by atoms with Crippen molar-refractivity contribution in [3.8, 4) is 0 Å². The molecule has 2 rings (SSSR count). The number of benzene rings is 1. The normalized spacial score (nSPS) is 18.2. The van der Waals surface area contributed by atoms with Crippen molar-refractivity contribution in [2.75, 3.05) is 18.0 Å². The lowest BCUT2D eigenvalue weighted by Gasteiger charge is -2.43. The third-order valence-electron chi connectivity index (χ3n) is 6.06. The van der Waals surface area contributed by atoms with Crippen molar-refractivity contribution in [1.29, 1.82) is 0 Å². The Bertz CT molecular complexity index is 784. The topological polar surface area (TPSA) is 40.5 Å². The molecule has 0 aliphatic heterocycles. The van der Waals surface area contributed by atoms with Crippen LogP contribution in [-0.2, 0) is 15.6 Å². The van der Waals surface area contributed by atoms with E-state index in [2.05, 4.69) is 64.7 Å². The van der Waals surface area contributed by atoms with E-state index < -0.39 is 5.97 Å². The Balaban J connectivity index is 2.40. The molecule has 0 unspecified atom stereocenters. The minimum atomic E-state index is -0.900. The number of rotatable bonds is 7. The highest BCUT2D eigenvalue weighted by Gasteiger charge is 2.37. The summed E-state index contributed by atoms with van der Waals surface area (Å²) in [5.74, 6) is -0.900. The zero-order valence-electron chi connectivity index (χ0n) is 18.7. The minimum absolute atomic E-state index is 0.196. The lowest BCUT2D eigenvalue weighted by atomic mass is 9.63. The van der Waals surface area contributed by atoms with E-state index in [4.69, 9.17) is 5.11 Å². The first-order valence-corrected chi connectivity index (χ1v) is 10.5. The van der Waals surface area contributed by atoms with Gasteiger partial charge in [-0.05, 0) is 72.3 Å². The van der Waals surface area contributed by atoms with E-state index in [0.29, 0.717) is 0 Å². The first-order valence-electron chi connectivity index (χ1n) is 10.5. The van der Waals surface area contributed by atoms with Gasteiger partial charge in [0.2, 0.25) is 0 Å². The van der Waals surface area contributed by atoms with Gasteiger partial charge in [-0.25, -0.2) is 4.79 Å². The maximum atomic E-state index is 10.8. The standard InChI is InChI=1S/C25H37NO2/c1-8-13-26(14-9-10-18(2)15-23(27)28)22-17-21-20(16-19(22)3)24(4,5)11-12-25(21,6)7/h9-10,15-17H,8,11-14H2,1-7H3,(H,27,28)/b10-9+,18-15+. The molecule has 0 saturated carbocycles. The Morgan fingerprint density at radius 2 is 1.71 bits per heavy atom. The number of fused-ring (bicyclic) bond motifs is 1. The van der Waals surface area contributed by atoms with Gasteiger partial charge in [0.15, 0.2) is 0 Å². The molecule has 0 saturated heterocycles. The zero-order chi connectivity index (χ0) is 21.1. The molecule has 0 heterocycles. The van der Waals surface area contributed by atoms with Crippen molar-refractivity contribution in [3.63, 3.8) is 0 Å². The molecule has 3 nitrogen and oxygen atoms in total. The Labute approximate surface area is 171 Å². The maximum absolute atomic E-state index is 10.8. The third-order valence-corrected chi connectivity index (χ3v) is 6.06. The van der Waals surface area contributed by atoms with Crippen molar-refractivity contribution in [2.24, 2.45) is 0 Å². The Hall–Kier alpha value is -2.03. The summed E-state index contributed by atoms with van der Waals surface area (Å²) in [4.78, 5) is 13.2. The fourth-order valence-corrected chi connectivity index (χ4v) is 4.24. The first kappa shape index (κ1) is 22.3. The van der Waals surface area contributed by atoms with Crippen molar-refractivity contribution in [2.45, 2.75) is 78.6 Å². The van der Waals surface area contributed by atoms with Gasteiger partial charge in [0.1, 0.15) is 0 Å². The Kier molecular flexibility index (Phi) is 6.80. The molecule has 3 heteroatoms. The summed E-state index contributed by atoms with van der Waals surface area (Å²) in [5.41, 5.74) is 6.78. The fourth-order valence-electron chi connectivity index (χ4n) is 4.24. The van der Waals surface area contributed by atoms with Gasteiger partial charge >= 0.3 is 5.97 Å². The number of carboxylic acids is 1. The van der Waals surface area contributed by atoms with Gasteiger partial charge in [-0.3, -0.25) is 0 Å². The van der Waals surface area contributed by atoms with Crippen LogP contribution < -0.4 is 4.90 Å². The number of nitrogens with zero attached hydrogens (tertiary/aromatic N) is 1. The number of aliphatic carboxylic acids is 1. The monoisotopic (exact) mass is 383 g/mol. The number of hydrogen-bond acceptors (Lipinski definition) is 2. The third kappa shape index (κ3) is 5.06. The summed E-state index contributed by atoms with van der Waals surface area (Å²) in [7, 11) is 0. The molecule has 1 N–H and O–H groups in total. The largest absolute Gasteiger partial charge is 0.478 e. The van der Waals surface area contributed by atoms with Crippen molar-refractivity contribution in [1.82, 2.24) is 0 Å². The summed E-state index contributed by atoms with van der Waals surface area (Å²) >= 11 is 0. The fraction of sp³-hybridized carbons (Fsp3) is 0.560. The summed E-state index contributed by atoms with van der Waals surface area (Å²) in [6.07, 6.45) is 8.72. The van der Waals surface area contributed by atoms with Crippen molar-refractivity contribution < 1.29 is 9.90 Å². The van der Waals surface area contributed by atoms with E-state index in [-0.39, 0.29) is 10.8 Å². The predicted molar refractivity (Wildman–Crippen MR) is 120 cm³/mol. The number of carboxylic acid groups (broad SMARTS) is 1. The van der Waals surface area contributed by atoms with E-state index >= 15 is 0 Å². The molecule has 154 valence electrons. The van der Waals surface area contributed by atoms with E-state index in [1.807, 2.05) is 13.0 Å². The number of anilines is 1. The molecule has 0 aromatic heterocycles. The van der Waals surface area contributed by atoms with Gasteiger partial charge in [-0.1, -0.05) is 52.8 Å². The number of carbonyl (C=O) groups is 1. The van der Waals surface area contributed by atoms with E-state index in [1.165, 1.54) is 41.3 Å². The molecule has 0 amide bonds. The van der Waals surface area contributed by atoms with Gasteiger partial charge in [-0.15, -0.1) is 0 Å². The van der Waals surface area contributed by atoms with E-state index in [0.717, 1.165) is 25.1 Å². The maximum Gasteiger partial charge on any atom is 0.328 e. The predicted octanol–water partition coefficient (Wildman–Crippen LogP) is 6.15. The molecule has 1 aromatic carbocycles. The average Bonchev–Trinajstić information content (AvgIpc) is 2.57. The molecule has 0 radical (unpaired) electrons. The second-order valence-corrected chi connectivity index (χ2v) is 9.53. The zero-order valence-corrected chi connectivity index (χ0v) is 18.7. The molecule has 1 aromatic rings. The molecular formula is C25H37NO2. The van der Waals surface area contributed by atoms with Crippen LogP contribution in [0.4, 0.5) is 5.69 Å². The van der Waals surface area contributed by atoms with Crippen LogP contribution in [0.25, 0.3) is 0 Å². The Morgan fingerprint density at radius 1 is 1.14 bits per heavy atom. The average molecular weight is 384 g/mol. The van der Waals surface area contributed by atoms with Crippen LogP contribution in [-0.4, -0.2) is 24.2 Å². The highest BCUT2D eigenvalue weighted by Crippen LogP contribution is 2.47. The molecule has 1 aliphatic carbocycles. The molecular weight excluding hydrogens is 346 g/mol. The molecule has 0 spiro atoms. The highest BCUT2D eigenvalue weighted by molar-refractivity contribution is 5.81. The SMILES string of the molecule is CCCN(C/C=C/C(C)=C/C(=O)O)c1cc2c(cc1C)C(C)(C)CCC2(C)C. The second-order valence-electron chi connectivity index (χ2n) is 9.53. The van der Waals surface area contributed by atoms with Crippen LogP contribution in [0, 0.1) is 6.92 Å². The first-order chi connectivity index (χ1) is 13.0. The van der Waals surface area contributed by atoms with Crippen LogP contribution in [0.5, 0.6) is 0 Å². The van der Waals surface area contributed by atoms with Crippen LogP contribution in [0.2, 0.25) is 0 Å². The molecule has 0 atom stereocenters. The van der Waals surface area contributed by atoms with Crippen molar-refractivity contribution >= 4 is 11.7 Å². The van der Waals surface area contributed by atoms with Gasteiger partial charge in [0.25, 0.3) is 0 Å². The van der Waals surface area contributed by atoms with Crippen LogP contribution in [0.3, 0.4) is 0 Å². The van der Waals surface area contributed by atoms with Gasteiger partial charge in [0.05, 0.1) is 0 Å². The van der Waals surface area contributed by atoms with Crippen LogP contribution >= 0.6 is 0 Å². The quantitative estimate of drug-likeness (QED) is 0.453. The van der Waals surface area contributed by atoms with Crippen LogP contribution in [0.1, 0.15) is 77.5 Å². The summed E-state index contributed by atoms with van der Waals surface area (Å²) in [6.45, 7) is 17.5. The lowest BCUT2D eigenvalue weighted by Crippen LogP contribution is -2.35. The molecule has 28 heavy (non-hydrogen) atoms. The highest BCUT2D eigenvalue weighted by atomic mass is 16.4. The van der Waals surface area contributed by atoms with Gasteiger partial charge in [0, 0.05) is 24.9 Å².